The first-order chi connectivity index (χ1) is 10.1. The average molecular weight is 309 g/mol. The van der Waals surface area contributed by atoms with Crippen molar-refractivity contribution < 1.29 is 13.2 Å². The predicted molar refractivity (Wildman–Crippen MR) is 83.0 cm³/mol. The molecule has 21 heavy (non-hydrogen) atoms. The summed E-state index contributed by atoms with van der Waals surface area (Å²) in [6.07, 6.45) is 4.55. The summed E-state index contributed by atoms with van der Waals surface area (Å²) in [6, 6.07) is 8.38. The lowest BCUT2D eigenvalue weighted by molar-refractivity contribution is 0.144. The second-order valence-electron chi connectivity index (χ2n) is 6.12. The van der Waals surface area contributed by atoms with Crippen molar-refractivity contribution in [3.05, 3.63) is 29.8 Å². The van der Waals surface area contributed by atoms with Gasteiger partial charge in [-0.15, -0.1) is 0 Å². The van der Waals surface area contributed by atoms with Crippen LogP contribution in [0.25, 0.3) is 0 Å². The lowest BCUT2D eigenvalue weighted by Crippen LogP contribution is -2.49. The van der Waals surface area contributed by atoms with Crippen LogP contribution in [0.3, 0.4) is 0 Å². The van der Waals surface area contributed by atoms with Crippen LogP contribution in [-0.2, 0) is 10.0 Å². The van der Waals surface area contributed by atoms with Gasteiger partial charge in [-0.2, -0.15) is 0 Å². The van der Waals surface area contributed by atoms with Crippen LogP contribution in [0.15, 0.2) is 24.3 Å². The highest BCUT2D eigenvalue weighted by molar-refractivity contribution is 7.89. The van der Waals surface area contributed by atoms with Crippen molar-refractivity contribution in [1.82, 2.24) is 4.72 Å². The molecule has 2 aliphatic rings. The molecular weight excluding hydrogens is 286 g/mol. The summed E-state index contributed by atoms with van der Waals surface area (Å²) in [7, 11) is -3.11. The molecule has 0 aliphatic heterocycles. The second-order valence-corrected chi connectivity index (χ2v) is 8.16. The minimum Gasteiger partial charge on any atom is -0.493 e. The quantitative estimate of drug-likeness (QED) is 0.842. The first-order valence-electron chi connectivity index (χ1n) is 7.80. The SMILES string of the molecule is CCS(=O)(=O)N[C@@H]1CC[C@@H]1COc1ccc(C2CC2)cc1. The standard InChI is InChI=1S/C16H23NO3S/c1-2-21(18,19)17-16-10-7-14(16)11-20-15-8-5-13(6-9-15)12-3-4-12/h5-6,8-9,12,14,16-17H,2-4,7,10-11H2,1H3/t14-,16-/m1/s1. The normalized spacial score (nSPS) is 25.4. The van der Waals surface area contributed by atoms with Crippen LogP contribution < -0.4 is 9.46 Å². The summed E-state index contributed by atoms with van der Waals surface area (Å²) in [5.74, 6) is 2.07. The monoisotopic (exact) mass is 309 g/mol. The van der Waals surface area contributed by atoms with Gasteiger partial charge < -0.3 is 4.74 Å². The molecule has 0 amide bonds. The van der Waals surface area contributed by atoms with Crippen molar-refractivity contribution in [1.29, 1.82) is 0 Å². The van der Waals surface area contributed by atoms with Crippen LogP contribution in [0.4, 0.5) is 0 Å². The molecule has 1 N–H and O–H groups in total. The van der Waals surface area contributed by atoms with E-state index in [4.69, 9.17) is 4.74 Å². The van der Waals surface area contributed by atoms with Crippen LogP contribution in [0.2, 0.25) is 0 Å². The average Bonchev–Trinajstić information content (AvgIpc) is 3.29. The Hall–Kier alpha value is -1.07. The Kier molecular flexibility index (Phi) is 4.22. The molecular formula is C16H23NO3S. The zero-order valence-electron chi connectivity index (χ0n) is 12.4. The van der Waals surface area contributed by atoms with Crippen molar-refractivity contribution in [2.75, 3.05) is 12.4 Å². The first kappa shape index (κ1) is 14.9. The molecule has 116 valence electrons. The summed E-state index contributed by atoms with van der Waals surface area (Å²) in [5.41, 5.74) is 1.40. The Morgan fingerprint density at radius 2 is 1.86 bits per heavy atom. The third-order valence-electron chi connectivity index (χ3n) is 4.52. The Bertz CT molecular complexity index is 578. The van der Waals surface area contributed by atoms with E-state index in [1.54, 1.807) is 6.92 Å². The Balaban J connectivity index is 1.48. The maximum absolute atomic E-state index is 11.6. The van der Waals surface area contributed by atoms with E-state index in [1.807, 2.05) is 12.1 Å². The topological polar surface area (TPSA) is 55.4 Å². The van der Waals surface area contributed by atoms with Crippen LogP contribution >= 0.6 is 0 Å². The number of benzene rings is 1. The van der Waals surface area contributed by atoms with Gasteiger partial charge >= 0.3 is 0 Å². The summed E-state index contributed by atoms with van der Waals surface area (Å²) < 4.78 is 31.7. The van der Waals surface area contributed by atoms with Gasteiger partial charge in [0.2, 0.25) is 10.0 Å². The molecule has 0 bridgehead atoms. The van der Waals surface area contributed by atoms with Crippen LogP contribution in [0.1, 0.15) is 44.1 Å². The van der Waals surface area contributed by atoms with Crippen molar-refractivity contribution >= 4 is 10.0 Å². The molecule has 4 nitrogen and oxygen atoms in total. The molecule has 2 fully saturated rings. The van der Waals surface area contributed by atoms with Gasteiger partial charge in [0.25, 0.3) is 0 Å². The van der Waals surface area contributed by atoms with Gasteiger partial charge in [0, 0.05) is 12.0 Å². The minimum absolute atomic E-state index is 0.0423. The van der Waals surface area contributed by atoms with Gasteiger partial charge in [-0.1, -0.05) is 12.1 Å². The number of hydrogen-bond donors (Lipinski definition) is 1. The van der Waals surface area contributed by atoms with Gasteiger partial charge in [0.1, 0.15) is 5.75 Å². The number of nitrogens with one attached hydrogen (secondary N) is 1. The molecule has 2 atom stereocenters. The van der Waals surface area contributed by atoms with Crippen molar-refractivity contribution in [3.63, 3.8) is 0 Å². The second kappa shape index (κ2) is 5.97. The first-order valence-corrected chi connectivity index (χ1v) is 9.45. The van der Waals surface area contributed by atoms with Gasteiger partial charge in [-0.25, -0.2) is 13.1 Å². The van der Waals surface area contributed by atoms with Crippen molar-refractivity contribution in [2.24, 2.45) is 5.92 Å². The summed E-state index contributed by atoms with van der Waals surface area (Å²) in [6.45, 7) is 2.24. The largest absolute Gasteiger partial charge is 0.493 e. The molecule has 0 spiro atoms. The molecule has 3 rings (SSSR count). The fourth-order valence-corrected chi connectivity index (χ4v) is 3.63. The zero-order chi connectivity index (χ0) is 14.9. The fraction of sp³-hybridized carbons (Fsp3) is 0.625. The Morgan fingerprint density at radius 1 is 1.14 bits per heavy atom. The Morgan fingerprint density at radius 3 is 2.38 bits per heavy atom. The van der Waals surface area contributed by atoms with Crippen molar-refractivity contribution in [2.45, 2.75) is 44.6 Å². The smallest absolute Gasteiger partial charge is 0.211 e. The molecule has 1 aromatic carbocycles. The van der Waals surface area contributed by atoms with Crippen LogP contribution in [-0.4, -0.2) is 26.8 Å². The van der Waals surface area contributed by atoms with Crippen LogP contribution in [0, 0.1) is 5.92 Å². The molecule has 2 saturated carbocycles. The Labute approximate surface area is 126 Å². The fourth-order valence-electron chi connectivity index (χ4n) is 2.69. The van der Waals surface area contributed by atoms with E-state index < -0.39 is 10.0 Å². The number of rotatable bonds is 7. The molecule has 0 saturated heterocycles. The van der Waals surface area contributed by atoms with Crippen molar-refractivity contribution in [3.8, 4) is 5.75 Å². The zero-order valence-corrected chi connectivity index (χ0v) is 13.2. The molecule has 0 aromatic heterocycles. The third kappa shape index (κ3) is 3.77. The summed E-state index contributed by atoms with van der Waals surface area (Å²) in [5, 5.41) is 0. The highest BCUT2D eigenvalue weighted by Gasteiger charge is 2.34. The van der Waals surface area contributed by atoms with E-state index >= 15 is 0 Å². The highest BCUT2D eigenvalue weighted by Crippen LogP contribution is 2.40. The van der Waals surface area contributed by atoms with Gasteiger partial charge in [0.15, 0.2) is 0 Å². The molecule has 1 aromatic rings. The molecule has 0 heterocycles. The summed E-state index contributed by atoms with van der Waals surface area (Å²) in [4.78, 5) is 0. The molecule has 5 heteroatoms. The maximum atomic E-state index is 11.6. The van der Waals surface area contributed by atoms with E-state index in [-0.39, 0.29) is 17.7 Å². The third-order valence-corrected chi connectivity index (χ3v) is 5.94. The van der Waals surface area contributed by atoms with E-state index in [0.717, 1.165) is 24.5 Å². The van der Waals surface area contributed by atoms with Crippen LogP contribution in [0.5, 0.6) is 5.75 Å². The highest BCUT2D eigenvalue weighted by atomic mass is 32.2. The molecule has 0 radical (unpaired) electrons. The number of hydrogen-bond acceptors (Lipinski definition) is 3. The van der Waals surface area contributed by atoms with E-state index in [1.165, 1.54) is 18.4 Å². The lowest BCUT2D eigenvalue weighted by Gasteiger charge is -2.36. The van der Waals surface area contributed by atoms with Gasteiger partial charge in [-0.05, 0) is 56.2 Å². The summed E-state index contributed by atoms with van der Waals surface area (Å²) >= 11 is 0. The van der Waals surface area contributed by atoms with Gasteiger partial charge in [0.05, 0.1) is 12.4 Å². The number of ether oxygens (including phenoxy) is 1. The van der Waals surface area contributed by atoms with Gasteiger partial charge in [-0.3, -0.25) is 0 Å². The lowest BCUT2D eigenvalue weighted by atomic mass is 9.81. The molecule has 2 aliphatic carbocycles. The maximum Gasteiger partial charge on any atom is 0.211 e. The number of sulfonamides is 1. The molecule has 0 unspecified atom stereocenters. The predicted octanol–water partition coefficient (Wildman–Crippen LogP) is 2.66. The minimum atomic E-state index is -3.11. The van der Waals surface area contributed by atoms with E-state index in [9.17, 15) is 8.42 Å². The van der Waals surface area contributed by atoms with E-state index in [2.05, 4.69) is 16.9 Å². The van der Waals surface area contributed by atoms with E-state index in [0.29, 0.717) is 6.61 Å².